The van der Waals surface area contributed by atoms with Gasteiger partial charge in [0.05, 0.1) is 13.2 Å². The number of carbonyl (C=O) groups excluding carboxylic acids is 1. The molecule has 110 valence electrons. The number of aliphatic carboxylic acids is 1. The van der Waals surface area contributed by atoms with Gasteiger partial charge < -0.3 is 15.2 Å². The van der Waals surface area contributed by atoms with Gasteiger partial charge in [0.1, 0.15) is 0 Å². The number of carboxylic acids is 1. The lowest BCUT2D eigenvalue weighted by molar-refractivity contribution is -0.137. The number of carbonyl (C=O) groups is 2. The van der Waals surface area contributed by atoms with Crippen LogP contribution in [0.15, 0.2) is 0 Å². The fraction of sp³-hybridized carbons (Fsp3) is 0.833. The summed E-state index contributed by atoms with van der Waals surface area (Å²) in [5, 5.41) is 13.2. The molecule has 0 saturated carbocycles. The van der Waals surface area contributed by atoms with Crippen LogP contribution in [0.4, 0.5) is 4.79 Å². The highest BCUT2D eigenvalue weighted by Crippen LogP contribution is 2.08. The second-order valence-corrected chi connectivity index (χ2v) is 4.79. The number of carboxylic acid groups (broad SMARTS) is 1. The lowest BCUT2D eigenvalue weighted by Crippen LogP contribution is -2.51. The van der Waals surface area contributed by atoms with E-state index in [1.54, 1.807) is 0 Å². The molecule has 1 atom stereocenters. The second-order valence-electron chi connectivity index (χ2n) is 4.79. The number of nitrogens with zero attached hydrogens (tertiary/aromatic N) is 1. The highest BCUT2D eigenvalue weighted by molar-refractivity contribution is 5.73. The number of ether oxygens (including phenoxy) is 1. The van der Waals surface area contributed by atoms with Crippen LogP contribution >= 0.6 is 0 Å². The molecule has 7 heteroatoms. The van der Waals surface area contributed by atoms with Gasteiger partial charge in [-0.3, -0.25) is 10.2 Å². The van der Waals surface area contributed by atoms with Gasteiger partial charge in [-0.05, 0) is 18.8 Å². The van der Waals surface area contributed by atoms with Crippen LogP contribution < -0.4 is 10.7 Å². The molecule has 0 aromatic carbocycles. The molecular weight excluding hydrogens is 250 g/mol. The van der Waals surface area contributed by atoms with E-state index in [-0.39, 0.29) is 12.5 Å². The van der Waals surface area contributed by atoms with Crippen molar-refractivity contribution in [1.29, 1.82) is 0 Å². The molecule has 0 bridgehead atoms. The summed E-state index contributed by atoms with van der Waals surface area (Å²) in [6.45, 7) is 5.20. The monoisotopic (exact) mass is 273 g/mol. The minimum Gasteiger partial charge on any atom is -0.481 e. The Morgan fingerprint density at radius 2 is 2.00 bits per heavy atom. The maximum atomic E-state index is 11.6. The molecule has 0 aliphatic carbocycles. The van der Waals surface area contributed by atoms with Crippen molar-refractivity contribution in [3.05, 3.63) is 0 Å². The van der Waals surface area contributed by atoms with E-state index >= 15 is 0 Å². The highest BCUT2D eigenvalue weighted by atomic mass is 16.5. The van der Waals surface area contributed by atoms with Gasteiger partial charge in [0.25, 0.3) is 0 Å². The second kappa shape index (κ2) is 8.71. The Kier molecular flexibility index (Phi) is 7.20. The molecule has 1 aliphatic heterocycles. The van der Waals surface area contributed by atoms with Crippen molar-refractivity contribution in [3.8, 4) is 0 Å². The first kappa shape index (κ1) is 15.7. The highest BCUT2D eigenvalue weighted by Gasteiger charge is 2.12. The number of amides is 2. The maximum Gasteiger partial charge on any atom is 0.329 e. The Balaban J connectivity index is 2.04. The van der Waals surface area contributed by atoms with Crippen molar-refractivity contribution >= 4 is 12.0 Å². The molecule has 1 aliphatic rings. The van der Waals surface area contributed by atoms with E-state index in [2.05, 4.69) is 10.7 Å². The number of morpholine rings is 1. The zero-order valence-electron chi connectivity index (χ0n) is 11.4. The third-order valence-corrected chi connectivity index (χ3v) is 3.04. The zero-order chi connectivity index (χ0) is 14.1. The molecule has 7 nitrogen and oxygen atoms in total. The van der Waals surface area contributed by atoms with E-state index in [9.17, 15) is 9.59 Å². The smallest absolute Gasteiger partial charge is 0.329 e. The summed E-state index contributed by atoms with van der Waals surface area (Å²) in [6.07, 6.45) is 1.60. The largest absolute Gasteiger partial charge is 0.481 e. The predicted molar refractivity (Wildman–Crippen MR) is 69.6 cm³/mol. The lowest BCUT2D eigenvalue weighted by Gasteiger charge is -2.27. The summed E-state index contributed by atoms with van der Waals surface area (Å²) in [4.78, 5) is 22.0. The van der Waals surface area contributed by atoms with Gasteiger partial charge in [-0.15, -0.1) is 0 Å². The van der Waals surface area contributed by atoms with Crippen LogP contribution in [0.1, 0.15) is 26.2 Å². The Hall–Kier alpha value is -1.34. The maximum absolute atomic E-state index is 11.6. The summed E-state index contributed by atoms with van der Waals surface area (Å²) in [5.41, 5.74) is 2.75. The first-order chi connectivity index (χ1) is 9.08. The summed E-state index contributed by atoms with van der Waals surface area (Å²) in [5.74, 6) is -0.482. The van der Waals surface area contributed by atoms with Crippen molar-refractivity contribution in [1.82, 2.24) is 15.8 Å². The van der Waals surface area contributed by atoms with E-state index in [1.165, 1.54) is 0 Å². The van der Waals surface area contributed by atoms with Crippen molar-refractivity contribution in [3.63, 3.8) is 0 Å². The molecule has 0 aromatic heterocycles. The predicted octanol–water partition coefficient (Wildman–Crippen LogP) is 0.424. The SMILES string of the molecule is CC(CCNC(=O)NN1CCOCC1)CCC(=O)O. The summed E-state index contributed by atoms with van der Waals surface area (Å²) < 4.78 is 5.18. The Morgan fingerprint density at radius 1 is 1.32 bits per heavy atom. The third-order valence-electron chi connectivity index (χ3n) is 3.04. The van der Waals surface area contributed by atoms with Gasteiger partial charge in [-0.25, -0.2) is 9.80 Å². The molecule has 3 N–H and O–H groups in total. The summed E-state index contributed by atoms with van der Waals surface area (Å²) in [6, 6.07) is -0.215. The van der Waals surface area contributed by atoms with Crippen LogP contribution in [-0.2, 0) is 9.53 Å². The molecular formula is C12H23N3O4. The molecule has 19 heavy (non-hydrogen) atoms. The summed E-state index contributed by atoms with van der Waals surface area (Å²) in [7, 11) is 0. The van der Waals surface area contributed by atoms with Crippen LogP contribution in [0.5, 0.6) is 0 Å². The molecule has 0 aromatic rings. The van der Waals surface area contributed by atoms with Crippen molar-refractivity contribution in [2.45, 2.75) is 26.2 Å². The number of urea groups is 1. The average molecular weight is 273 g/mol. The molecule has 1 saturated heterocycles. The zero-order valence-corrected chi connectivity index (χ0v) is 11.4. The van der Waals surface area contributed by atoms with Crippen molar-refractivity contribution < 1.29 is 19.4 Å². The van der Waals surface area contributed by atoms with Crippen LogP contribution in [-0.4, -0.2) is 55.0 Å². The molecule has 1 fully saturated rings. The van der Waals surface area contributed by atoms with Gasteiger partial charge in [0.15, 0.2) is 0 Å². The Labute approximate surface area is 113 Å². The molecule has 1 rings (SSSR count). The molecule has 0 spiro atoms. The quantitative estimate of drug-likeness (QED) is 0.625. The van der Waals surface area contributed by atoms with Gasteiger partial charge in [0.2, 0.25) is 0 Å². The topological polar surface area (TPSA) is 90.9 Å². The van der Waals surface area contributed by atoms with Gasteiger partial charge in [-0.2, -0.15) is 0 Å². The lowest BCUT2D eigenvalue weighted by atomic mass is 10.0. The first-order valence-electron chi connectivity index (χ1n) is 6.67. The number of hydrazine groups is 1. The fourth-order valence-corrected chi connectivity index (χ4v) is 1.80. The number of nitrogens with one attached hydrogen (secondary N) is 2. The van der Waals surface area contributed by atoms with E-state index in [0.29, 0.717) is 45.2 Å². The minimum atomic E-state index is -0.773. The number of hydrogen-bond donors (Lipinski definition) is 3. The van der Waals surface area contributed by atoms with E-state index in [4.69, 9.17) is 9.84 Å². The van der Waals surface area contributed by atoms with Gasteiger partial charge >= 0.3 is 12.0 Å². The third kappa shape index (κ3) is 7.63. The standard InChI is InChI=1S/C12H23N3O4/c1-10(2-3-11(16)17)4-5-13-12(18)14-15-6-8-19-9-7-15/h10H,2-9H2,1H3,(H,16,17)(H2,13,14,18). The van der Waals surface area contributed by atoms with Gasteiger partial charge in [0, 0.05) is 26.1 Å². The molecule has 2 amide bonds. The van der Waals surface area contributed by atoms with Gasteiger partial charge in [-0.1, -0.05) is 6.92 Å². The summed E-state index contributed by atoms with van der Waals surface area (Å²) >= 11 is 0. The van der Waals surface area contributed by atoms with Crippen LogP contribution in [0, 0.1) is 5.92 Å². The van der Waals surface area contributed by atoms with Crippen molar-refractivity contribution in [2.24, 2.45) is 5.92 Å². The number of rotatable bonds is 7. The molecule has 0 radical (unpaired) electrons. The number of hydrogen-bond acceptors (Lipinski definition) is 4. The Morgan fingerprint density at radius 3 is 2.63 bits per heavy atom. The average Bonchev–Trinajstić information content (AvgIpc) is 2.37. The minimum absolute atomic E-state index is 0.182. The first-order valence-corrected chi connectivity index (χ1v) is 6.67. The fourth-order valence-electron chi connectivity index (χ4n) is 1.80. The van der Waals surface area contributed by atoms with E-state index in [1.807, 2.05) is 11.9 Å². The van der Waals surface area contributed by atoms with E-state index in [0.717, 1.165) is 6.42 Å². The van der Waals surface area contributed by atoms with Crippen LogP contribution in [0.3, 0.4) is 0 Å². The van der Waals surface area contributed by atoms with Crippen molar-refractivity contribution in [2.75, 3.05) is 32.8 Å². The van der Waals surface area contributed by atoms with E-state index < -0.39 is 5.97 Å². The Bertz CT molecular complexity index is 293. The van der Waals surface area contributed by atoms with Crippen LogP contribution in [0.25, 0.3) is 0 Å². The normalized spacial score (nSPS) is 17.7. The van der Waals surface area contributed by atoms with Crippen LogP contribution in [0.2, 0.25) is 0 Å². The molecule has 1 heterocycles. The molecule has 1 unspecified atom stereocenters.